The Bertz CT molecular complexity index is 286. The number of aliphatic carboxylic acids is 1. The predicted octanol–water partition coefficient (Wildman–Crippen LogP) is 1.27. The molecule has 0 aromatic rings. The van der Waals surface area contributed by atoms with Crippen LogP contribution >= 0.6 is 0 Å². The molecular formula is C11H17NO3. The monoisotopic (exact) mass is 211 g/mol. The van der Waals surface area contributed by atoms with Crippen LogP contribution in [0.1, 0.15) is 26.2 Å². The minimum absolute atomic E-state index is 0.0400. The zero-order valence-corrected chi connectivity index (χ0v) is 9.14. The number of amides is 1. The molecule has 0 heterocycles. The number of carbonyl (C=O) groups excluding carboxylic acids is 1. The van der Waals surface area contributed by atoms with Crippen molar-refractivity contribution < 1.29 is 14.7 Å². The third-order valence-corrected chi connectivity index (χ3v) is 2.90. The lowest BCUT2D eigenvalue weighted by atomic mass is 9.93. The molecule has 1 amide bonds. The van der Waals surface area contributed by atoms with E-state index in [1.165, 1.54) is 11.8 Å². The second-order valence-corrected chi connectivity index (χ2v) is 3.94. The van der Waals surface area contributed by atoms with Crippen LogP contribution in [0.4, 0.5) is 0 Å². The molecule has 4 heteroatoms. The SMILES string of the molecule is CC(C(=O)O)N(C)C(=O)C1CC=CCC1. The van der Waals surface area contributed by atoms with Crippen molar-refractivity contribution in [2.75, 3.05) is 7.05 Å². The topological polar surface area (TPSA) is 57.6 Å². The van der Waals surface area contributed by atoms with Crippen LogP contribution in [0.3, 0.4) is 0 Å². The van der Waals surface area contributed by atoms with E-state index in [-0.39, 0.29) is 11.8 Å². The first-order chi connectivity index (χ1) is 7.04. The normalized spacial score (nSPS) is 22.1. The molecule has 15 heavy (non-hydrogen) atoms. The van der Waals surface area contributed by atoms with Gasteiger partial charge in [-0.25, -0.2) is 4.79 Å². The molecule has 2 unspecified atom stereocenters. The van der Waals surface area contributed by atoms with Crippen LogP contribution in [0.25, 0.3) is 0 Å². The van der Waals surface area contributed by atoms with E-state index in [1.807, 2.05) is 6.08 Å². The molecule has 0 saturated heterocycles. The molecule has 0 aromatic heterocycles. The van der Waals surface area contributed by atoms with Crippen LogP contribution in [0.2, 0.25) is 0 Å². The summed E-state index contributed by atoms with van der Waals surface area (Å²) in [4.78, 5) is 23.9. The zero-order chi connectivity index (χ0) is 11.4. The van der Waals surface area contributed by atoms with Gasteiger partial charge in [-0.05, 0) is 26.2 Å². The lowest BCUT2D eigenvalue weighted by molar-refractivity contribution is -0.150. The Hall–Kier alpha value is -1.32. The smallest absolute Gasteiger partial charge is 0.326 e. The lowest BCUT2D eigenvalue weighted by Crippen LogP contribution is -2.43. The molecule has 0 aliphatic heterocycles. The van der Waals surface area contributed by atoms with Gasteiger partial charge in [-0.15, -0.1) is 0 Å². The molecule has 0 aromatic carbocycles. The van der Waals surface area contributed by atoms with E-state index in [9.17, 15) is 9.59 Å². The van der Waals surface area contributed by atoms with Gasteiger partial charge in [0.2, 0.25) is 5.91 Å². The third-order valence-electron chi connectivity index (χ3n) is 2.90. The summed E-state index contributed by atoms with van der Waals surface area (Å²) >= 11 is 0. The lowest BCUT2D eigenvalue weighted by Gasteiger charge is -2.27. The average Bonchev–Trinajstić information content (AvgIpc) is 2.27. The van der Waals surface area contributed by atoms with Crippen LogP contribution in [0.15, 0.2) is 12.2 Å². The second-order valence-electron chi connectivity index (χ2n) is 3.94. The molecule has 1 N–H and O–H groups in total. The van der Waals surface area contributed by atoms with Crippen LogP contribution in [-0.4, -0.2) is 35.0 Å². The maximum absolute atomic E-state index is 11.9. The third kappa shape index (κ3) is 2.81. The number of rotatable bonds is 3. The standard InChI is InChI=1S/C11H17NO3/c1-8(11(14)15)12(2)10(13)9-6-4-3-5-7-9/h3-4,8-9H,5-7H2,1-2H3,(H,14,15). The Morgan fingerprint density at radius 3 is 2.60 bits per heavy atom. The highest BCUT2D eigenvalue weighted by atomic mass is 16.4. The molecule has 0 bridgehead atoms. The summed E-state index contributed by atoms with van der Waals surface area (Å²) < 4.78 is 0. The maximum Gasteiger partial charge on any atom is 0.326 e. The van der Waals surface area contributed by atoms with Gasteiger partial charge in [-0.2, -0.15) is 0 Å². The van der Waals surface area contributed by atoms with Crippen molar-refractivity contribution in [1.82, 2.24) is 4.90 Å². The summed E-state index contributed by atoms with van der Waals surface area (Å²) in [6.45, 7) is 1.53. The largest absolute Gasteiger partial charge is 0.480 e. The van der Waals surface area contributed by atoms with Crippen molar-refractivity contribution in [2.45, 2.75) is 32.2 Å². The number of hydrogen-bond acceptors (Lipinski definition) is 2. The van der Waals surface area contributed by atoms with Crippen molar-refractivity contribution in [3.63, 3.8) is 0 Å². The first-order valence-corrected chi connectivity index (χ1v) is 5.18. The van der Waals surface area contributed by atoms with Gasteiger partial charge in [0, 0.05) is 13.0 Å². The van der Waals surface area contributed by atoms with E-state index in [0.717, 1.165) is 19.3 Å². The summed E-state index contributed by atoms with van der Waals surface area (Å²) in [6.07, 6.45) is 6.52. The molecule has 0 spiro atoms. The molecule has 0 radical (unpaired) electrons. The Kier molecular flexibility index (Phi) is 3.88. The van der Waals surface area contributed by atoms with Crippen molar-refractivity contribution in [1.29, 1.82) is 0 Å². The van der Waals surface area contributed by atoms with Crippen LogP contribution < -0.4 is 0 Å². The Morgan fingerprint density at radius 2 is 2.13 bits per heavy atom. The molecule has 84 valence electrons. The minimum Gasteiger partial charge on any atom is -0.480 e. The van der Waals surface area contributed by atoms with Crippen molar-refractivity contribution >= 4 is 11.9 Å². The van der Waals surface area contributed by atoms with Crippen LogP contribution in [0.5, 0.6) is 0 Å². The molecule has 1 rings (SSSR count). The first-order valence-electron chi connectivity index (χ1n) is 5.18. The quantitative estimate of drug-likeness (QED) is 0.715. The number of allylic oxidation sites excluding steroid dienone is 2. The van der Waals surface area contributed by atoms with E-state index in [2.05, 4.69) is 6.08 Å². The van der Waals surface area contributed by atoms with E-state index in [4.69, 9.17) is 5.11 Å². The summed E-state index contributed by atoms with van der Waals surface area (Å²) in [5.41, 5.74) is 0. The summed E-state index contributed by atoms with van der Waals surface area (Å²) in [5.74, 6) is -1.06. The number of likely N-dealkylation sites (N-methyl/N-ethyl adjacent to an activating group) is 1. The highest BCUT2D eigenvalue weighted by molar-refractivity contribution is 5.84. The molecule has 0 fully saturated rings. The highest BCUT2D eigenvalue weighted by Gasteiger charge is 2.27. The number of carboxylic acid groups (broad SMARTS) is 1. The number of carbonyl (C=O) groups is 2. The minimum atomic E-state index is -0.961. The van der Waals surface area contributed by atoms with Gasteiger partial charge in [-0.1, -0.05) is 12.2 Å². The fourth-order valence-electron chi connectivity index (χ4n) is 1.66. The van der Waals surface area contributed by atoms with Gasteiger partial charge in [-0.3, -0.25) is 4.79 Å². The van der Waals surface area contributed by atoms with E-state index >= 15 is 0 Å². The van der Waals surface area contributed by atoms with Gasteiger partial charge in [0.25, 0.3) is 0 Å². The first kappa shape index (κ1) is 11.8. The van der Waals surface area contributed by atoms with E-state index in [1.54, 1.807) is 7.05 Å². The fourth-order valence-corrected chi connectivity index (χ4v) is 1.66. The Balaban J connectivity index is 2.59. The summed E-state index contributed by atoms with van der Waals surface area (Å²) in [7, 11) is 1.56. The number of hydrogen-bond donors (Lipinski definition) is 1. The van der Waals surface area contributed by atoms with Gasteiger partial charge < -0.3 is 10.0 Å². The zero-order valence-electron chi connectivity index (χ0n) is 9.14. The van der Waals surface area contributed by atoms with Gasteiger partial charge in [0.05, 0.1) is 0 Å². The molecule has 2 atom stereocenters. The molecule has 1 aliphatic rings. The van der Waals surface area contributed by atoms with Crippen LogP contribution in [0, 0.1) is 5.92 Å². The summed E-state index contributed by atoms with van der Waals surface area (Å²) in [6, 6.07) is -0.747. The predicted molar refractivity (Wildman–Crippen MR) is 56.3 cm³/mol. The van der Waals surface area contributed by atoms with Crippen molar-refractivity contribution in [3.05, 3.63) is 12.2 Å². The highest BCUT2D eigenvalue weighted by Crippen LogP contribution is 2.20. The molecule has 4 nitrogen and oxygen atoms in total. The Morgan fingerprint density at radius 1 is 1.47 bits per heavy atom. The van der Waals surface area contributed by atoms with Gasteiger partial charge in [0.1, 0.15) is 6.04 Å². The number of nitrogens with zero attached hydrogens (tertiary/aromatic N) is 1. The van der Waals surface area contributed by atoms with Crippen molar-refractivity contribution in [2.24, 2.45) is 5.92 Å². The van der Waals surface area contributed by atoms with E-state index in [0.29, 0.717) is 0 Å². The average molecular weight is 211 g/mol. The Labute approximate surface area is 89.6 Å². The number of carboxylic acids is 1. The summed E-state index contributed by atoms with van der Waals surface area (Å²) in [5, 5.41) is 8.79. The fraction of sp³-hybridized carbons (Fsp3) is 0.636. The molecular weight excluding hydrogens is 194 g/mol. The molecule has 1 aliphatic carbocycles. The van der Waals surface area contributed by atoms with Crippen LogP contribution in [-0.2, 0) is 9.59 Å². The maximum atomic E-state index is 11.9. The van der Waals surface area contributed by atoms with Gasteiger partial charge in [0.15, 0.2) is 0 Å². The van der Waals surface area contributed by atoms with Gasteiger partial charge >= 0.3 is 5.97 Å². The molecule has 0 saturated carbocycles. The van der Waals surface area contributed by atoms with E-state index < -0.39 is 12.0 Å². The van der Waals surface area contributed by atoms with Crippen molar-refractivity contribution in [3.8, 4) is 0 Å². The second kappa shape index (κ2) is 4.96.